The van der Waals surface area contributed by atoms with E-state index >= 15 is 0 Å². The van der Waals surface area contributed by atoms with Gasteiger partial charge in [0.05, 0.1) is 7.57 Å². The normalized spacial score (nSPS) is 10.3. The molecule has 0 aromatic carbocycles. The third-order valence-electron chi connectivity index (χ3n) is 1.25. The van der Waals surface area contributed by atoms with Crippen LogP contribution in [0.1, 0.15) is 18.9 Å². The van der Waals surface area contributed by atoms with Crippen LogP contribution in [0.2, 0.25) is 0 Å². The number of halogens is 2. The van der Waals surface area contributed by atoms with Gasteiger partial charge in [-0.2, -0.15) is 0 Å². The molecule has 0 radical (unpaired) electrons. The van der Waals surface area contributed by atoms with Crippen molar-refractivity contribution in [3.05, 3.63) is 19.2 Å². The summed E-state index contributed by atoms with van der Waals surface area (Å²) in [7, 11) is 0. The minimum Gasteiger partial charge on any atom is -0.121 e. The first-order valence-electron chi connectivity index (χ1n) is 3.17. The van der Waals surface area contributed by atoms with Crippen LogP contribution < -0.4 is 0 Å². The molecular weight excluding hydrogens is 276 g/mol. The molecule has 0 aliphatic carbocycles. The van der Waals surface area contributed by atoms with Gasteiger partial charge in [-0.25, -0.2) is 0 Å². The first kappa shape index (κ1) is 8.75. The van der Waals surface area contributed by atoms with Crippen LogP contribution in [-0.4, -0.2) is 0 Å². The van der Waals surface area contributed by atoms with E-state index in [-0.39, 0.29) is 0 Å². The lowest BCUT2D eigenvalue weighted by molar-refractivity contribution is 0.923. The fourth-order valence-electron chi connectivity index (χ4n) is 0.814. The Kier molecular flexibility index (Phi) is 3.40. The highest BCUT2D eigenvalue weighted by molar-refractivity contribution is 9.12. The lowest BCUT2D eigenvalue weighted by Crippen LogP contribution is -1.76. The van der Waals surface area contributed by atoms with Crippen LogP contribution in [0.25, 0.3) is 0 Å². The van der Waals surface area contributed by atoms with Crippen molar-refractivity contribution in [2.24, 2.45) is 0 Å². The molecule has 0 N–H and O–H groups in total. The predicted molar refractivity (Wildman–Crippen MR) is 53.7 cm³/mol. The van der Waals surface area contributed by atoms with Crippen molar-refractivity contribution in [2.45, 2.75) is 19.8 Å². The largest absolute Gasteiger partial charge is 0.121 e. The van der Waals surface area contributed by atoms with E-state index in [1.54, 1.807) is 11.3 Å². The molecule has 0 saturated carbocycles. The molecule has 0 aliphatic rings. The summed E-state index contributed by atoms with van der Waals surface area (Å²) in [4.78, 5) is 0. The van der Waals surface area contributed by atoms with E-state index in [1.807, 2.05) is 0 Å². The topological polar surface area (TPSA) is 0 Å². The van der Waals surface area contributed by atoms with Crippen molar-refractivity contribution in [1.82, 2.24) is 0 Å². The Balaban J connectivity index is 2.81. The molecule has 1 aromatic heterocycles. The Bertz CT molecular complexity index is 217. The predicted octanol–water partition coefficient (Wildman–Crippen LogP) is 4.23. The second-order valence-corrected chi connectivity index (χ2v) is 5.85. The zero-order chi connectivity index (χ0) is 7.56. The van der Waals surface area contributed by atoms with Crippen molar-refractivity contribution < 1.29 is 0 Å². The van der Waals surface area contributed by atoms with Gasteiger partial charge in [-0.05, 0) is 49.9 Å². The van der Waals surface area contributed by atoms with E-state index < -0.39 is 0 Å². The van der Waals surface area contributed by atoms with Crippen LogP contribution in [0.5, 0.6) is 0 Å². The van der Waals surface area contributed by atoms with E-state index in [9.17, 15) is 0 Å². The van der Waals surface area contributed by atoms with Gasteiger partial charge in [0.2, 0.25) is 0 Å². The van der Waals surface area contributed by atoms with Gasteiger partial charge in [0.15, 0.2) is 0 Å². The van der Waals surface area contributed by atoms with E-state index in [0.29, 0.717) is 0 Å². The van der Waals surface area contributed by atoms with Crippen LogP contribution in [-0.2, 0) is 6.42 Å². The average molecular weight is 284 g/mol. The Labute approximate surface area is 81.9 Å². The number of rotatable bonds is 2. The molecule has 0 aliphatic heterocycles. The molecule has 0 bridgehead atoms. The minimum absolute atomic E-state index is 1.17. The SMILES string of the molecule is CCCc1cc(Br)sc1Br. The number of aryl methyl sites for hydroxylation is 1. The zero-order valence-corrected chi connectivity index (χ0v) is 9.64. The maximum atomic E-state index is 3.51. The summed E-state index contributed by atoms with van der Waals surface area (Å²) >= 11 is 8.69. The first-order chi connectivity index (χ1) is 4.74. The van der Waals surface area contributed by atoms with Crippen molar-refractivity contribution in [2.75, 3.05) is 0 Å². The van der Waals surface area contributed by atoms with Crippen molar-refractivity contribution >= 4 is 43.2 Å². The van der Waals surface area contributed by atoms with Crippen LogP contribution in [0.15, 0.2) is 13.6 Å². The summed E-state index contributed by atoms with van der Waals surface area (Å²) < 4.78 is 2.48. The quantitative estimate of drug-likeness (QED) is 0.762. The molecular formula is C7H8Br2S. The number of hydrogen-bond donors (Lipinski definition) is 0. The molecule has 0 atom stereocenters. The second-order valence-electron chi connectivity index (χ2n) is 2.10. The zero-order valence-electron chi connectivity index (χ0n) is 5.66. The number of hydrogen-bond acceptors (Lipinski definition) is 1. The van der Waals surface area contributed by atoms with Gasteiger partial charge in [0.25, 0.3) is 0 Å². The molecule has 1 rings (SSSR count). The molecule has 3 heteroatoms. The highest BCUT2D eigenvalue weighted by Crippen LogP contribution is 2.32. The third kappa shape index (κ3) is 2.07. The van der Waals surface area contributed by atoms with Crippen LogP contribution in [0.3, 0.4) is 0 Å². The van der Waals surface area contributed by atoms with Gasteiger partial charge >= 0.3 is 0 Å². The summed E-state index contributed by atoms with van der Waals surface area (Å²) in [5.41, 5.74) is 1.42. The Hall–Kier alpha value is 0.660. The Morgan fingerprint density at radius 1 is 1.50 bits per heavy atom. The van der Waals surface area contributed by atoms with Crippen LogP contribution in [0.4, 0.5) is 0 Å². The van der Waals surface area contributed by atoms with Gasteiger partial charge in [-0.1, -0.05) is 13.3 Å². The summed E-state index contributed by atoms with van der Waals surface area (Å²) in [5.74, 6) is 0. The highest BCUT2D eigenvalue weighted by Gasteiger charge is 2.02. The van der Waals surface area contributed by atoms with E-state index in [0.717, 1.165) is 0 Å². The average Bonchev–Trinajstić information content (AvgIpc) is 2.13. The van der Waals surface area contributed by atoms with Crippen LogP contribution >= 0.6 is 43.2 Å². The lowest BCUT2D eigenvalue weighted by Gasteiger charge is -1.90. The smallest absolute Gasteiger partial charge is 0.0742 e. The first-order valence-corrected chi connectivity index (χ1v) is 5.58. The summed E-state index contributed by atoms with van der Waals surface area (Å²) in [6, 6.07) is 2.18. The summed E-state index contributed by atoms with van der Waals surface area (Å²) in [6.07, 6.45) is 2.38. The lowest BCUT2D eigenvalue weighted by atomic mass is 10.2. The molecule has 56 valence electrons. The van der Waals surface area contributed by atoms with E-state index in [1.165, 1.54) is 26.0 Å². The standard InChI is InChI=1S/C7H8Br2S/c1-2-3-5-4-6(8)10-7(5)9/h4H,2-3H2,1H3. The summed E-state index contributed by atoms with van der Waals surface area (Å²) in [5, 5.41) is 0. The van der Waals surface area contributed by atoms with Crippen molar-refractivity contribution in [3.63, 3.8) is 0 Å². The van der Waals surface area contributed by atoms with E-state index in [4.69, 9.17) is 0 Å². The fourth-order valence-corrected chi connectivity index (χ4v) is 3.73. The molecule has 0 saturated heterocycles. The van der Waals surface area contributed by atoms with Gasteiger partial charge in [-0.15, -0.1) is 11.3 Å². The van der Waals surface area contributed by atoms with Crippen LogP contribution in [0, 0.1) is 0 Å². The Morgan fingerprint density at radius 3 is 2.60 bits per heavy atom. The molecule has 0 amide bonds. The molecule has 1 heterocycles. The molecule has 0 unspecified atom stereocenters. The molecule has 0 fully saturated rings. The Morgan fingerprint density at radius 2 is 2.20 bits per heavy atom. The van der Waals surface area contributed by atoms with Gasteiger partial charge in [-0.3, -0.25) is 0 Å². The minimum atomic E-state index is 1.17. The van der Waals surface area contributed by atoms with Gasteiger partial charge < -0.3 is 0 Å². The van der Waals surface area contributed by atoms with Crippen molar-refractivity contribution in [3.8, 4) is 0 Å². The molecule has 0 spiro atoms. The molecule has 0 nitrogen and oxygen atoms in total. The maximum absolute atomic E-state index is 3.51. The fraction of sp³-hybridized carbons (Fsp3) is 0.429. The maximum Gasteiger partial charge on any atom is 0.0742 e. The molecule has 1 aromatic rings. The highest BCUT2D eigenvalue weighted by atomic mass is 79.9. The van der Waals surface area contributed by atoms with Gasteiger partial charge in [0, 0.05) is 0 Å². The third-order valence-corrected chi connectivity index (χ3v) is 3.71. The van der Waals surface area contributed by atoms with Crippen molar-refractivity contribution in [1.29, 1.82) is 0 Å². The second kappa shape index (κ2) is 3.88. The number of thiophene rings is 1. The monoisotopic (exact) mass is 282 g/mol. The van der Waals surface area contributed by atoms with Gasteiger partial charge in [0.1, 0.15) is 0 Å². The van der Waals surface area contributed by atoms with E-state index in [2.05, 4.69) is 44.8 Å². The molecule has 10 heavy (non-hydrogen) atoms. The summed E-state index contributed by atoms with van der Waals surface area (Å²) in [6.45, 7) is 2.19.